The van der Waals surface area contributed by atoms with Gasteiger partial charge in [0.1, 0.15) is 0 Å². The van der Waals surface area contributed by atoms with Gasteiger partial charge in [0.05, 0.1) is 6.61 Å². The SMILES string of the molecule is CCCCN(CCO)c1nccnc1N. The Morgan fingerprint density at radius 1 is 1.33 bits per heavy atom. The molecule has 1 heterocycles. The zero-order valence-corrected chi connectivity index (χ0v) is 9.06. The van der Waals surface area contributed by atoms with Crippen LogP contribution in [0.4, 0.5) is 11.6 Å². The van der Waals surface area contributed by atoms with Gasteiger partial charge in [0.2, 0.25) is 0 Å². The molecule has 0 saturated carbocycles. The van der Waals surface area contributed by atoms with Gasteiger partial charge in [0, 0.05) is 25.5 Å². The monoisotopic (exact) mass is 210 g/mol. The van der Waals surface area contributed by atoms with Crippen molar-refractivity contribution in [1.29, 1.82) is 0 Å². The maximum atomic E-state index is 8.96. The third-order valence-corrected chi connectivity index (χ3v) is 2.16. The molecule has 0 aliphatic rings. The topological polar surface area (TPSA) is 75.3 Å². The van der Waals surface area contributed by atoms with Gasteiger partial charge in [-0.15, -0.1) is 0 Å². The number of rotatable bonds is 6. The summed E-state index contributed by atoms with van der Waals surface area (Å²) in [5.41, 5.74) is 5.73. The predicted octanol–water partition coefficient (Wildman–Crippen LogP) is 0.658. The van der Waals surface area contributed by atoms with Crippen LogP contribution in [0.3, 0.4) is 0 Å². The van der Waals surface area contributed by atoms with Gasteiger partial charge in [-0.3, -0.25) is 0 Å². The van der Waals surface area contributed by atoms with Crippen molar-refractivity contribution in [1.82, 2.24) is 9.97 Å². The molecule has 15 heavy (non-hydrogen) atoms. The normalized spacial score (nSPS) is 10.3. The van der Waals surface area contributed by atoms with Crippen LogP contribution in [0.2, 0.25) is 0 Å². The number of unbranched alkanes of at least 4 members (excludes halogenated alkanes) is 1. The fourth-order valence-corrected chi connectivity index (χ4v) is 1.38. The second-order valence-corrected chi connectivity index (χ2v) is 3.33. The van der Waals surface area contributed by atoms with Crippen molar-refractivity contribution in [2.45, 2.75) is 19.8 Å². The number of anilines is 2. The van der Waals surface area contributed by atoms with Crippen LogP contribution < -0.4 is 10.6 Å². The molecule has 5 heteroatoms. The molecule has 0 saturated heterocycles. The molecule has 84 valence electrons. The van der Waals surface area contributed by atoms with E-state index in [-0.39, 0.29) is 6.61 Å². The Hall–Kier alpha value is -1.36. The van der Waals surface area contributed by atoms with Crippen LogP contribution in [-0.4, -0.2) is 34.8 Å². The predicted molar refractivity (Wildman–Crippen MR) is 60.7 cm³/mol. The Labute approximate surface area is 90.0 Å². The van der Waals surface area contributed by atoms with Crippen LogP contribution in [0.25, 0.3) is 0 Å². The molecular weight excluding hydrogens is 192 g/mol. The number of hydrogen-bond donors (Lipinski definition) is 2. The zero-order valence-electron chi connectivity index (χ0n) is 9.06. The molecule has 0 fully saturated rings. The quantitative estimate of drug-likeness (QED) is 0.721. The lowest BCUT2D eigenvalue weighted by atomic mass is 10.3. The Balaban J connectivity index is 2.74. The third-order valence-electron chi connectivity index (χ3n) is 2.16. The second-order valence-electron chi connectivity index (χ2n) is 3.33. The zero-order chi connectivity index (χ0) is 11.1. The second kappa shape index (κ2) is 6.19. The van der Waals surface area contributed by atoms with E-state index in [1.165, 1.54) is 0 Å². The summed E-state index contributed by atoms with van der Waals surface area (Å²) in [6.45, 7) is 3.61. The summed E-state index contributed by atoms with van der Waals surface area (Å²) < 4.78 is 0. The van der Waals surface area contributed by atoms with Gasteiger partial charge < -0.3 is 15.7 Å². The molecule has 0 spiro atoms. The van der Waals surface area contributed by atoms with Crippen LogP contribution in [-0.2, 0) is 0 Å². The summed E-state index contributed by atoms with van der Waals surface area (Å²) in [7, 11) is 0. The van der Waals surface area contributed by atoms with Gasteiger partial charge in [-0.25, -0.2) is 9.97 Å². The van der Waals surface area contributed by atoms with E-state index in [9.17, 15) is 0 Å². The first kappa shape index (κ1) is 11.7. The number of nitrogen functional groups attached to an aromatic ring is 1. The van der Waals surface area contributed by atoms with Crippen LogP contribution >= 0.6 is 0 Å². The Kier molecular flexibility index (Phi) is 4.83. The van der Waals surface area contributed by atoms with Gasteiger partial charge in [-0.1, -0.05) is 13.3 Å². The largest absolute Gasteiger partial charge is 0.395 e. The number of aromatic nitrogens is 2. The van der Waals surface area contributed by atoms with Crippen molar-refractivity contribution in [2.24, 2.45) is 0 Å². The molecule has 0 aromatic carbocycles. The fraction of sp³-hybridized carbons (Fsp3) is 0.600. The first-order chi connectivity index (χ1) is 7.29. The van der Waals surface area contributed by atoms with E-state index in [0.29, 0.717) is 18.2 Å². The highest BCUT2D eigenvalue weighted by Gasteiger charge is 2.10. The lowest BCUT2D eigenvalue weighted by Crippen LogP contribution is -2.29. The maximum absolute atomic E-state index is 8.96. The van der Waals surface area contributed by atoms with E-state index >= 15 is 0 Å². The number of aliphatic hydroxyl groups excluding tert-OH is 1. The minimum Gasteiger partial charge on any atom is -0.395 e. The third kappa shape index (κ3) is 3.36. The molecule has 1 aromatic rings. The van der Waals surface area contributed by atoms with E-state index in [1.54, 1.807) is 12.4 Å². The van der Waals surface area contributed by atoms with Gasteiger partial charge in [0.25, 0.3) is 0 Å². The highest BCUT2D eigenvalue weighted by atomic mass is 16.3. The summed E-state index contributed by atoms with van der Waals surface area (Å²) in [6, 6.07) is 0. The minimum absolute atomic E-state index is 0.0970. The molecule has 5 nitrogen and oxygen atoms in total. The van der Waals surface area contributed by atoms with E-state index < -0.39 is 0 Å². The molecule has 0 aliphatic heterocycles. The summed E-state index contributed by atoms with van der Waals surface area (Å²) in [5.74, 6) is 1.09. The summed E-state index contributed by atoms with van der Waals surface area (Å²) in [6.07, 6.45) is 5.33. The van der Waals surface area contributed by atoms with Crippen molar-refractivity contribution < 1.29 is 5.11 Å². The van der Waals surface area contributed by atoms with Crippen LogP contribution in [0.1, 0.15) is 19.8 Å². The van der Waals surface area contributed by atoms with Crippen molar-refractivity contribution in [2.75, 3.05) is 30.3 Å². The number of hydrogen-bond acceptors (Lipinski definition) is 5. The Bertz CT molecular complexity index is 293. The van der Waals surface area contributed by atoms with Gasteiger partial charge in [-0.2, -0.15) is 0 Å². The Morgan fingerprint density at radius 2 is 2.07 bits per heavy atom. The number of nitrogens with two attached hydrogens (primary N) is 1. The average molecular weight is 210 g/mol. The highest BCUT2D eigenvalue weighted by Crippen LogP contribution is 2.16. The number of aliphatic hydroxyl groups is 1. The van der Waals surface area contributed by atoms with Crippen LogP contribution in [0.5, 0.6) is 0 Å². The van der Waals surface area contributed by atoms with Crippen molar-refractivity contribution >= 4 is 11.6 Å². The standard InChI is InChI=1S/C10H18N4O/c1-2-3-6-14(7-8-15)10-9(11)12-4-5-13-10/h4-5,15H,2-3,6-8H2,1H3,(H2,11,12). The molecule has 0 radical (unpaired) electrons. The molecule has 0 amide bonds. The van der Waals surface area contributed by atoms with E-state index in [1.807, 2.05) is 4.90 Å². The van der Waals surface area contributed by atoms with E-state index in [4.69, 9.17) is 10.8 Å². The van der Waals surface area contributed by atoms with Crippen molar-refractivity contribution in [3.63, 3.8) is 0 Å². The van der Waals surface area contributed by atoms with Crippen LogP contribution in [0.15, 0.2) is 12.4 Å². The maximum Gasteiger partial charge on any atom is 0.171 e. The molecular formula is C10H18N4O. The molecule has 0 unspecified atom stereocenters. The smallest absolute Gasteiger partial charge is 0.171 e. The molecule has 0 aliphatic carbocycles. The molecule has 3 N–H and O–H groups in total. The minimum atomic E-state index is 0.0970. The fourth-order valence-electron chi connectivity index (χ4n) is 1.38. The first-order valence-electron chi connectivity index (χ1n) is 5.22. The lowest BCUT2D eigenvalue weighted by Gasteiger charge is -2.22. The van der Waals surface area contributed by atoms with E-state index in [2.05, 4.69) is 16.9 Å². The van der Waals surface area contributed by atoms with Gasteiger partial charge in [-0.05, 0) is 6.42 Å². The Morgan fingerprint density at radius 3 is 2.67 bits per heavy atom. The van der Waals surface area contributed by atoms with Gasteiger partial charge >= 0.3 is 0 Å². The van der Waals surface area contributed by atoms with Crippen molar-refractivity contribution in [3.05, 3.63) is 12.4 Å². The highest BCUT2D eigenvalue weighted by molar-refractivity contribution is 5.57. The molecule has 0 bridgehead atoms. The average Bonchev–Trinajstić information content (AvgIpc) is 2.25. The lowest BCUT2D eigenvalue weighted by molar-refractivity contribution is 0.301. The first-order valence-corrected chi connectivity index (χ1v) is 5.22. The summed E-state index contributed by atoms with van der Waals surface area (Å²) in [5, 5.41) is 8.96. The van der Waals surface area contributed by atoms with Crippen LogP contribution in [0, 0.1) is 0 Å². The van der Waals surface area contributed by atoms with E-state index in [0.717, 1.165) is 19.4 Å². The summed E-state index contributed by atoms with van der Waals surface area (Å²) >= 11 is 0. The molecule has 0 atom stereocenters. The molecule has 1 rings (SSSR count). The molecule has 1 aromatic heterocycles. The summed E-state index contributed by atoms with van der Waals surface area (Å²) in [4.78, 5) is 10.1. The number of nitrogens with zero attached hydrogens (tertiary/aromatic N) is 3. The van der Waals surface area contributed by atoms with Crippen molar-refractivity contribution in [3.8, 4) is 0 Å². The van der Waals surface area contributed by atoms with Gasteiger partial charge in [0.15, 0.2) is 11.6 Å².